The minimum Gasteiger partial charge on any atom is -0.378 e. The van der Waals surface area contributed by atoms with Crippen LogP contribution in [0.3, 0.4) is 0 Å². The second-order valence-electron chi connectivity index (χ2n) is 6.75. The zero-order valence-electron chi connectivity index (χ0n) is 13.2. The summed E-state index contributed by atoms with van der Waals surface area (Å²) in [6.45, 7) is 13.7. The number of hydrogen-bond donors (Lipinski definition) is 1. The maximum absolute atomic E-state index is 5.87. The number of nitrogens with one attached hydrogen (secondary N) is 1. The fraction of sp³-hybridized carbons (Fsp3) is 1.00. The number of rotatable bonds is 4. The van der Waals surface area contributed by atoms with Gasteiger partial charge in [-0.05, 0) is 52.2 Å². The normalized spacial score (nSPS) is 36.3. The predicted octanol–water partition coefficient (Wildman–Crippen LogP) is 2.65. The van der Waals surface area contributed by atoms with Gasteiger partial charge in [-0.15, -0.1) is 0 Å². The lowest BCUT2D eigenvalue weighted by Crippen LogP contribution is -2.63. The van der Waals surface area contributed by atoms with E-state index in [1.54, 1.807) is 0 Å². The summed E-state index contributed by atoms with van der Waals surface area (Å²) < 4.78 is 5.87. The maximum Gasteiger partial charge on any atom is 0.0655 e. The number of hydrogen-bond acceptors (Lipinski definition) is 3. The van der Waals surface area contributed by atoms with Gasteiger partial charge in [0.25, 0.3) is 0 Å². The smallest absolute Gasteiger partial charge is 0.0655 e. The van der Waals surface area contributed by atoms with Crippen molar-refractivity contribution in [3.05, 3.63) is 0 Å². The Hall–Kier alpha value is -0.120. The molecule has 112 valence electrons. The van der Waals surface area contributed by atoms with Gasteiger partial charge in [0, 0.05) is 24.1 Å². The molecule has 19 heavy (non-hydrogen) atoms. The number of nitrogens with zero attached hydrogens (tertiary/aromatic N) is 1. The lowest BCUT2D eigenvalue weighted by atomic mass is 9.63. The zero-order chi connectivity index (χ0) is 13.9. The Morgan fingerprint density at radius 2 is 2.05 bits per heavy atom. The van der Waals surface area contributed by atoms with Crippen LogP contribution in [-0.4, -0.2) is 49.3 Å². The van der Waals surface area contributed by atoms with E-state index >= 15 is 0 Å². The van der Waals surface area contributed by atoms with Gasteiger partial charge in [-0.1, -0.05) is 20.8 Å². The molecular formula is C16H32N2O. The van der Waals surface area contributed by atoms with Crippen LogP contribution in [0.5, 0.6) is 0 Å². The Kier molecular flexibility index (Phi) is 5.27. The Morgan fingerprint density at radius 3 is 2.68 bits per heavy atom. The van der Waals surface area contributed by atoms with Gasteiger partial charge in [-0.2, -0.15) is 0 Å². The van der Waals surface area contributed by atoms with Gasteiger partial charge >= 0.3 is 0 Å². The molecule has 0 bridgehead atoms. The van der Waals surface area contributed by atoms with Crippen LogP contribution in [0.1, 0.15) is 53.4 Å². The highest BCUT2D eigenvalue weighted by atomic mass is 16.5. The molecule has 3 heteroatoms. The summed E-state index contributed by atoms with van der Waals surface area (Å²) in [6, 6.07) is 1.44. The summed E-state index contributed by atoms with van der Waals surface area (Å²) in [4.78, 5) is 2.74. The van der Waals surface area contributed by atoms with E-state index in [9.17, 15) is 0 Å². The highest BCUT2D eigenvalue weighted by Crippen LogP contribution is 2.46. The third-order valence-corrected chi connectivity index (χ3v) is 5.25. The lowest BCUT2D eigenvalue weighted by molar-refractivity contribution is -0.151. The van der Waals surface area contributed by atoms with Crippen molar-refractivity contribution in [2.45, 2.75) is 71.6 Å². The predicted molar refractivity (Wildman–Crippen MR) is 80.5 cm³/mol. The number of ether oxygens (including phenoxy) is 1. The second kappa shape index (κ2) is 6.55. The van der Waals surface area contributed by atoms with E-state index in [4.69, 9.17) is 4.74 Å². The summed E-state index contributed by atoms with van der Waals surface area (Å²) in [5.41, 5.74) is 0.324. The van der Waals surface area contributed by atoms with E-state index in [0.717, 1.165) is 12.6 Å². The monoisotopic (exact) mass is 268 g/mol. The van der Waals surface area contributed by atoms with Crippen LogP contribution >= 0.6 is 0 Å². The van der Waals surface area contributed by atoms with E-state index in [1.165, 1.54) is 45.3 Å². The maximum atomic E-state index is 5.87. The molecule has 0 aromatic rings. The van der Waals surface area contributed by atoms with Crippen molar-refractivity contribution in [2.75, 3.05) is 26.2 Å². The molecule has 3 nitrogen and oxygen atoms in total. The minimum atomic E-state index is 0.324. The standard InChI is InChI=1S/C16H32N2O/c1-5-13-8-11-18(10-7-9-17-13)14-12-15(19-6-2)16(14,3)4/h13-15,17H,5-12H2,1-4H3. The molecule has 2 rings (SSSR count). The molecule has 1 N–H and O–H groups in total. The quantitative estimate of drug-likeness (QED) is 0.848. The van der Waals surface area contributed by atoms with Gasteiger partial charge in [0.1, 0.15) is 0 Å². The van der Waals surface area contributed by atoms with Crippen molar-refractivity contribution in [1.82, 2.24) is 10.2 Å². The molecule has 1 saturated heterocycles. The SMILES string of the molecule is CCOC1CC(N2CCCNC(CC)CC2)C1(C)C. The molecular weight excluding hydrogens is 236 g/mol. The van der Waals surface area contributed by atoms with Gasteiger partial charge in [0.2, 0.25) is 0 Å². The van der Waals surface area contributed by atoms with Gasteiger partial charge in [-0.25, -0.2) is 0 Å². The Balaban J connectivity index is 1.90. The second-order valence-corrected chi connectivity index (χ2v) is 6.75. The topological polar surface area (TPSA) is 24.5 Å². The average molecular weight is 268 g/mol. The summed E-state index contributed by atoms with van der Waals surface area (Å²) in [5.74, 6) is 0. The molecule has 0 radical (unpaired) electrons. The Morgan fingerprint density at radius 1 is 1.26 bits per heavy atom. The Labute approximate surface area is 119 Å². The van der Waals surface area contributed by atoms with E-state index in [2.05, 4.69) is 37.9 Å². The zero-order valence-corrected chi connectivity index (χ0v) is 13.2. The van der Waals surface area contributed by atoms with Crippen molar-refractivity contribution in [1.29, 1.82) is 0 Å². The van der Waals surface area contributed by atoms with E-state index in [0.29, 0.717) is 17.6 Å². The van der Waals surface area contributed by atoms with Crippen molar-refractivity contribution in [2.24, 2.45) is 5.41 Å². The molecule has 1 aliphatic heterocycles. The van der Waals surface area contributed by atoms with Crippen molar-refractivity contribution >= 4 is 0 Å². The van der Waals surface area contributed by atoms with Gasteiger partial charge < -0.3 is 10.1 Å². The van der Waals surface area contributed by atoms with Gasteiger partial charge in [0.15, 0.2) is 0 Å². The van der Waals surface area contributed by atoms with Crippen LogP contribution < -0.4 is 5.32 Å². The first kappa shape index (κ1) is 15.3. The first-order chi connectivity index (χ1) is 9.09. The van der Waals surface area contributed by atoms with Crippen molar-refractivity contribution in [3.63, 3.8) is 0 Å². The van der Waals surface area contributed by atoms with E-state index in [1.807, 2.05) is 0 Å². The highest BCUT2D eigenvalue weighted by molar-refractivity contribution is 5.04. The fourth-order valence-electron chi connectivity index (χ4n) is 3.75. The molecule has 1 saturated carbocycles. The van der Waals surface area contributed by atoms with Crippen LogP contribution in [0.2, 0.25) is 0 Å². The van der Waals surface area contributed by atoms with Crippen LogP contribution in [0.4, 0.5) is 0 Å². The summed E-state index contributed by atoms with van der Waals surface area (Å²) in [6.07, 6.45) is 5.52. The average Bonchev–Trinajstić information content (AvgIpc) is 2.36. The minimum absolute atomic E-state index is 0.324. The van der Waals surface area contributed by atoms with Gasteiger partial charge in [-0.3, -0.25) is 4.90 Å². The van der Waals surface area contributed by atoms with Crippen LogP contribution in [0.25, 0.3) is 0 Å². The molecule has 3 unspecified atom stereocenters. The van der Waals surface area contributed by atoms with Crippen LogP contribution in [0, 0.1) is 5.41 Å². The third-order valence-electron chi connectivity index (χ3n) is 5.25. The van der Waals surface area contributed by atoms with E-state index in [-0.39, 0.29) is 0 Å². The first-order valence-electron chi connectivity index (χ1n) is 8.18. The molecule has 2 fully saturated rings. The summed E-state index contributed by atoms with van der Waals surface area (Å²) in [5, 5.41) is 3.67. The molecule has 1 heterocycles. The molecule has 0 aromatic heterocycles. The third kappa shape index (κ3) is 3.32. The van der Waals surface area contributed by atoms with E-state index < -0.39 is 0 Å². The molecule has 0 amide bonds. The molecule has 0 spiro atoms. The molecule has 0 aromatic carbocycles. The molecule has 3 atom stereocenters. The Bertz CT molecular complexity index is 280. The van der Waals surface area contributed by atoms with Crippen molar-refractivity contribution in [3.8, 4) is 0 Å². The van der Waals surface area contributed by atoms with Crippen molar-refractivity contribution < 1.29 is 4.74 Å². The lowest BCUT2D eigenvalue weighted by Gasteiger charge is -2.56. The first-order valence-corrected chi connectivity index (χ1v) is 8.18. The molecule has 2 aliphatic rings. The molecule has 1 aliphatic carbocycles. The fourth-order valence-corrected chi connectivity index (χ4v) is 3.75. The summed E-state index contributed by atoms with van der Waals surface area (Å²) >= 11 is 0. The van der Waals surface area contributed by atoms with Crippen LogP contribution in [0.15, 0.2) is 0 Å². The summed E-state index contributed by atoms with van der Waals surface area (Å²) in [7, 11) is 0. The largest absolute Gasteiger partial charge is 0.378 e. The van der Waals surface area contributed by atoms with Crippen LogP contribution in [-0.2, 0) is 4.74 Å². The van der Waals surface area contributed by atoms with Gasteiger partial charge in [0.05, 0.1) is 6.10 Å². The highest BCUT2D eigenvalue weighted by Gasteiger charge is 2.51.